The van der Waals surface area contributed by atoms with Crippen molar-refractivity contribution in [1.82, 2.24) is 30.0 Å². The van der Waals surface area contributed by atoms with Crippen LogP contribution in [0.1, 0.15) is 13.8 Å². The zero-order chi connectivity index (χ0) is 14.0. The molecule has 106 valence electrons. The fraction of sp³-hybridized carbons (Fsp3) is 0.833. The Morgan fingerprint density at radius 2 is 2.16 bits per heavy atom. The molecule has 0 unspecified atom stereocenters. The lowest BCUT2D eigenvalue weighted by Gasteiger charge is -2.27. The van der Waals surface area contributed by atoms with E-state index in [1.165, 1.54) is 11.0 Å². The van der Waals surface area contributed by atoms with Gasteiger partial charge >= 0.3 is 0 Å². The second-order valence-electron chi connectivity index (χ2n) is 5.74. The van der Waals surface area contributed by atoms with Crippen LogP contribution in [0.15, 0.2) is 6.33 Å². The zero-order valence-electron chi connectivity index (χ0n) is 12.0. The van der Waals surface area contributed by atoms with Crippen LogP contribution in [-0.4, -0.2) is 69.1 Å². The number of likely N-dealkylation sites (N-methyl/N-ethyl adjacent to an activating group) is 1. The standard InChI is InChI=1S/C12H22N6O/c1-9(2)10-5-17(6-11(10)16(3)4)12(19)7-18-8-13-14-15-18/h8-11H,5-7H2,1-4H3/t10-,11+/m0/s1. The van der Waals surface area contributed by atoms with Crippen LogP contribution in [0.4, 0.5) is 0 Å². The first-order chi connectivity index (χ1) is 8.99. The second kappa shape index (κ2) is 5.64. The Bertz CT molecular complexity index is 400. The summed E-state index contributed by atoms with van der Waals surface area (Å²) in [6, 6.07) is 0.429. The van der Waals surface area contributed by atoms with E-state index in [1.54, 1.807) is 0 Å². The summed E-state index contributed by atoms with van der Waals surface area (Å²) in [5.74, 6) is 1.17. The first-order valence-corrected chi connectivity index (χ1v) is 6.64. The van der Waals surface area contributed by atoms with Gasteiger partial charge in [0.1, 0.15) is 12.9 Å². The molecule has 1 aromatic heterocycles. The maximum atomic E-state index is 12.2. The molecule has 7 heteroatoms. The Morgan fingerprint density at radius 3 is 2.63 bits per heavy atom. The fourth-order valence-corrected chi connectivity index (χ4v) is 2.71. The lowest BCUT2D eigenvalue weighted by Crippen LogP contribution is -2.38. The predicted molar refractivity (Wildman–Crippen MR) is 70.2 cm³/mol. The maximum absolute atomic E-state index is 12.2. The predicted octanol–water partition coefficient (Wildman–Crippen LogP) is -0.282. The molecular formula is C12H22N6O. The maximum Gasteiger partial charge on any atom is 0.244 e. The molecule has 1 saturated heterocycles. The summed E-state index contributed by atoms with van der Waals surface area (Å²) in [7, 11) is 4.16. The summed E-state index contributed by atoms with van der Waals surface area (Å²) in [6.07, 6.45) is 1.47. The van der Waals surface area contributed by atoms with Gasteiger partial charge in [-0.1, -0.05) is 13.8 Å². The summed E-state index contributed by atoms with van der Waals surface area (Å²) in [6.45, 7) is 6.27. The Hall–Kier alpha value is -1.50. The quantitative estimate of drug-likeness (QED) is 0.749. The highest BCUT2D eigenvalue weighted by Gasteiger charge is 2.37. The SMILES string of the molecule is CC(C)[C@@H]1CN(C(=O)Cn2cnnn2)C[C@H]1N(C)C. The largest absolute Gasteiger partial charge is 0.339 e. The van der Waals surface area contributed by atoms with Crippen molar-refractivity contribution in [3.8, 4) is 0 Å². The smallest absolute Gasteiger partial charge is 0.244 e. The molecule has 0 saturated carbocycles. The molecular weight excluding hydrogens is 244 g/mol. The molecule has 0 N–H and O–H groups in total. The molecule has 7 nitrogen and oxygen atoms in total. The lowest BCUT2D eigenvalue weighted by molar-refractivity contribution is -0.131. The lowest BCUT2D eigenvalue weighted by atomic mass is 9.91. The third-order valence-electron chi connectivity index (χ3n) is 3.89. The van der Waals surface area contributed by atoms with Gasteiger partial charge in [-0.3, -0.25) is 4.79 Å². The molecule has 0 bridgehead atoms. The highest BCUT2D eigenvalue weighted by molar-refractivity contribution is 5.76. The van der Waals surface area contributed by atoms with Gasteiger partial charge in [-0.2, -0.15) is 0 Å². The minimum Gasteiger partial charge on any atom is -0.339 e. The van der Waals surface area contributed by atoms with Crippen molar-refractivity contribution in [2.45, 2.75) is 26.4 Å². The van der Waals surface area contributed by atoms with E-state index in [4.69, 9.17) is 0 Å². The Morgan fingerprint density at radius 1 is 1.42 bits per heavy atom. The number of amides is 1. The van der Waals surface area contributed by atoms with Crippen LogP contribution in [0.3, 0.4) is 0 Å². The van der Waals surface area contributed by atoms with Crippen LogP contribution in [0, 0.1) is 11.8 Å². The Balaban J connectivity index is 2.00. The number of rotatable bonds is 4. The average Bonchev–Trinajstić information content (AvgIpc) is 2.96. The molecule has 2 atom stereocenters. The normalized spacial score (nSPS) is 23.6. The number of aromatic nitrogens is 4. The van der Waals surface area contributed by atoms with Crippen molar-refractivity contribution in [2.24, 2.45) is 11.8 Å². The summed E-state index contributed by atoms with van der Waals surface area (Å²) in [5.41, 5.74) is 0. The van der Waals surface area contributed by atoms with Crippen LogP contribution >= 0.6 is 0 Å². The molecule has 1 aromatic rings. The molecule has 0 radical (unpaired) electrons. The molecule has 0 spiro atoms. The summed E-state index contributed by atoms with van der Waals surface area (Å²) in [5, 5.41) is 10.8. The number of likely N-dealkylation sites (tertiary alicyclic amines) is 1. The molecule has 1 aliphatic rings. The average molecular weight is 266 g/mol. The van der Waals surface area contributed by atoms with Crippen LogP contribution in [0.5, 0.6) is 0 Å². The zero-order valence-corrected chi connectivity index (χ0v) is 12.0. The highest BCUT2D eigenvalue weighted by Crippen LogP contribution is 2.27. The van der Waals surface area contributed by atoms with Gasteiger partial charge in [0.2, 0.25) is 5.91 Å². The number of hydrogen-bond acceptors (Lipinski definition) is 5. The fourth-order valence-electron chi connectivity index (χ4n) is 2.71. The van der Waals surface area contributed by atoms with E-state index in [1.807, 2.05) is 4.90 Å². The van der Waals surface area contributed by atoms with Crippen molar-refractivity contribution in [2.75, 3.05) is 27.2 Å². The van der Waals surface area contributed by atoms with E-state index in [0.717, 1.165) is 13.1 Å². The van der Waals surface area contributed by atoms with Gasteiger partial charge in [0.15, 0.2) is 0 Å². The number of carbonyl (C=O) groups excluding carboxylic acids is 1. The van der Waals surface area contributed by atoms with Gasteiger partial charge in [0, 0.05) is 19.1 Å². The molecule has 1 fully saturated rings. The van der Waals surface area contributed by atoms with Crippen molar-refractivity contribution >= 4 is 5.91 Å². The van der Waals surface area contributed by atoms with Crippen LogP contribution in [0.2, 0.25) is 0 Å². The van der Waals surface area contributed by atoms with E-state index in [-0.39, 0.29) is 12.5 Å². The van der Waals surface area contributed by atoms with Crippen molar-refractivity contribution in [3.05, 3.63) is 6.33 Å². The highest BCUT2D eigenvalue weighted by atomic mass is 16.2. The monoisotopic (exact) mass is 266 g/mol. The van der Waals surface area contributed by atoms with Gasteiger partial charge in [-0.25, -0.2) is 4.68 Å². The Kier molecular flexibility index (Phi) is 4.14. The van der Waals surface area contributed by atoms with Crippen molar-refractivity contribution in [1.29, 1.82) is 0 Å². The minimum absolute atomic E-state index is 0.0855. The summed E-state index contributed by atoms with van der Waals surface area (Å²) in [4.78, 5) is 16.4. The first kappa shape index (κ1) is 13.9. The number of carbonyl (C=O) groups is 1. The van der Waals surface area contributed by atoms with E-state index in [0.29, 0.717) is 17.9 Å². The molecule has 2 rings (SSSR count). The molecule has 1 amide bonds. The van der Waals surface area contributed by atoms with E-state index in [2.05, 4.69) is 48.4 Å². The van der Waals surface area contributed by atoms with Gasteiger partial charge in [-0.05, 0) is 36.4 Å². The number of hydrogen-bond donors (Lipinski definition) is 0. The van der Waals surface area contributed by atoms with Crippen molar-refractivity contribution in [3.63, 3.8) is 0 Å². The van der Waals surface area contributed by atoms with Gasteiger partial charge in [0.05, 0.1) is 0 Å². The third kappa shape index (κ3) is 3.09. The third-order valence-corrected chi connectivity index (χ3v) is 3.89. The van der Waals surface area contributed by atoms with Crippen LogP contribution in [0.25, 0.3) is 0 Å². The molecule has 2 heterocycles. The number of tetrazole rings is 1. The molecule has 1 aliphatic heterocycles. The van der Waals surface area contributed by atoms with Crippen LogP contribution in [-0.2, 0) is 11.3 Å². The van der Waals surface area contributed by atoms with Crippen LogP contribution < -0.4 is 0 Å². The van der Waals surface area contributed by atoms with Crippen molar-refractivity contribution < 1.29 is 4.79 Å². The van der Waals surface area contributed by atoms with E-state index < -0.39 is 0 Å². The Labute approximate surface area is 113 Å². The molecule has 19 heavy (non-hydrogen) atoms. The van der Waals surface area contributed by atoms with Gasteiger partial charge in [-0.15, -0.1) is 5.10 Å². The summed E-state index contributed by atoms with van der Waals surface area (Å²) < 4.78 is 1.47. The van der Waals surface area contributed by atoms with E-state index >= 15 is 0 Å². The molecule has 0 aromatic carbocycles. The van der Waals surface area contributed by atoms with Gasteiger partial charge < -0.3 is 9.80 Å². The topological polar surface area (TPSA) is 67.2 Å². The first-order valence-electron chi connectivity index (χ1n) is 6.64. The van der Waals surface area contributed by atoms with E-state index in [9.17, 15) is 4.79 Å². The minimum atomic E-state index is 0.0855. The number of nitrogens with zero attached hydrogens (tertiary/aromatic N) is 6. The summed E-state index contributed by atoms with van der Waals surface area (Å²) >= 11 is 0. The second-order valence-corrected chi connectivity index (χ2v) is 5.74. The molecule has 0 aliphatic carbocycles. The van der Waals surface area contributed by atoms with Gasteiger partial charge in [0.25, 0.3) is 0 Å².